The third-order valence-corrected chi connectivity index (χ3v) is 8.90. The fourth-order valence-corrected chi connectivity index (χ4v) is 6.51. The molecule has 1 aliphatic heterocycles. The predicted octanol–water partition coefficient (Wildman–Crippen LogP) is 7.20. The first-order valence-corrected chi connectivity index (χ1v) is 14.0. The molecule has 192 valence electrons. The highest BCUT2D eigenvalue weighted by Crippen LogP contribution is 2.45. The molecule has 7 heteroatoms. The van der Waals surface area contributed by atoms with Gasteiger partial charge in [0.05, 0.1) is 17.3 Å². The fourth-order valence-electron chi connectivity index (χ4n) is 4.30. The quantitative estimate of drug-likeness (QED) is 0.360. The van der Waals surface area contributed by atoms with E-state index in [0.717, 1.165) is 32.3 Å². The van der Waals surface area contributed by atoms with Crippen molar-refractivity contribution in [1.82, 2.24) is 4.98 Å². The molecule has 0 aliphatic carbocycles. The third kappa shape index (κ3) is 6.12. The Hall–Kier alpha value is -1.83. The number of cyclic esters (lactones) is 1. The van der Waals surface area contributed by atoms with E-state index in [1.807, 2.05) is 32.9 Å². The van der Waals surface area contributed by atoms with Crippen LogP contribution in [0.15, 0.2) is 33.1 Å². The van der Waals surface area contributed by atoms with Gasteiger partial charge in [0.1, 0.15) is 16.3 Å². The molecule has 0 saturated heterocycles. The van der Waals surface area contributed by atoms with Gasteiger partial charge in [-0.05, 0) is 53.4 Å². The number of rotatable bonds is 8. The number of thioether (sulfide) groups is 1. The third-order valence-electron chi connectivity index (χ3n) is 6.81. The summed E-state index contributed by atoms with van der Waals surface area (Å²) in [6.07, 6.45) is 1.61. The molecule has 1 aromatic heterocycles. The first-order chi connectivity index (χ1) is 16.3. The van der Waals surface area contributed by atoms with Crippen LogP contribution in [0, 0.1) is 12.8 Å². The predicted molar refractivity (Wildman–Crippen MR) is 144 cm³/mol. The topological polar surface area (TPSA) is 79.7 Å². The van der Waals surface area contributed by atoms with Crippen molar-refractivity contribution in [3.63, 3.8) is 0 Å². The lowest BCUT2D eigenvalue weighted by molar-refractivity contribution is -0.164. The van der Waals surface area contributed by atoms with Crippen LogP contribution in [0.2, 0.25) is 0 Å². The monoisotopic (exact) mass is 517 g/mol. The molecule has 0 radical (unpaired) electrons. The summed E-state index contributed by atoms with van der Waals surface area (Å²) in [6, 6.07) is 3.99. The van der Waals surface area contributed by atoms with E-state index in [1.54, 1.807) is 11.3 Å². The number of nitrogens with zero attached hydrogens (tertiary/aromatic N) is 1. The second-order valence-electron chi connectivity index (χ2n) is 11.2. The van der Waals surface area contributed by atoms with Crippen LogP contribution in [0.1, 0.15) is 94.6 Å². The Morgan fingerprint density at radius 1 is 1.23 bits per heavy atom. The molecule has 1 atom stereocenters. The normalized spacial score (nSPS) is 19.1. The summed E-state index contributed by atoms with van der Waals surface area (Å²) in [5.74, 6) is 0.0380. The minimum atomic E-state index is -0.765. The summed E-state index contributed by atoms with van der Waals surface area (Å²) in [4.78, 5) is 19.2. The molecule has 2 aromatic rings. The smallest absolute Gasteiger partial charge is 0.349 e. The van der Waals surface area contributed by atoms with Crippen LogP contribution in [0.4, 0.5) is 0 Å². The SMILES string of the molecule is Cc1cc(SC2=C(O)CC(CCc3nc(C(C)C)cs3)(C(C)C)OC2=O)c(C(C)(C)C)cc1CO. The van der Waals surface area contributed by atoms with E-state index < -0.39 is 11.6 Å². The summed E-state index contributed by atoms with van der Waals surface area (Å²) in [7, 11) is 0. The number of hydrogen-bond acceptors (Lipinski definition) is 7. The molecule has 35 heavy (non-hydrogen) atoms. The minimum Gasteiger partial charge on any atom is -0.511 e. The van der Waals surface area contributed by atoms with Gasteiger partial charge in [0.15, 0.2) is 0 Å². The standard InChI is InChI=1S/C28H39NO4S2/c1-16(2)21-15-34-24(29-21)9-10-28(17(3)4)13-22(31)25(26(32)33-28)35-23-11-18(5)19(14-30)12-20(23)27(6,7)8/h11-12,15-17,30-31H,9-10,13-14H2,1-8H3. The van der Waals surface area contributed by atoms with Crippen molar-refractivity contribution in [1.29, 1.82) is 0 Å². The zero-order valence-electron chi connectivity index (χ0n) is 22.2. The zero-order valence-corrected chi connectivity index (χ0v) is 23.8. The number of carbonyl (C=O) groups is 1. The maximum Gasteiger partial charge on any atom is 0.349 e. The number of ether oxygens (including phenoxy) is 1. The van der Waals surface area contributed by atoms with Crippen LogP contribution in [-0.2, 0) is 28.0 Å². The summed E-state index contributed by atoms with van der Waals surface area (Å²) in [5.41, 5.74) is 2.97. The van der Waals surface area contributed by atoms with Gasteiger partial charge in [-0.3, -0.25) is 0 Å². The van der Waals surface area contributed by atoms with E-state index in [1.165, 1.54) is 11.8 Å². The van der Waals surface area contributed by atoms with Crippen LogP contribution in [0.3, 0.4) is 0 Å². The van der Waals surface area contributed by atoms with Crippen molar-refractivity contribution >= 4 is 29.1 Å². The van der Waals surface area contributed by atoms with Gasteiger partial charge in [-0.15, -0.1) is 11.3 Å². The summed E-state index contributed by atoms with van der Waals surface area (Å²) >= 11 is 2.91. The van der Waals surface area contributed by atoms with E-state index in [2.05, 4.69) is 40.0 Å². The van der Waals surface area contributed by atoms with Gasteiger partial charge >= 0.3 is 5.97 Å². The van der Waals surface area contributed by atoms with Crippen molar-refractivity contribution in [2.24, 2.45) is 5.92 Å². The highest BCUT2D eigenvalue weighted by molar-refractivity contribution is 8.04. The molecule has 0 saturated carbocycles. The van der Waals surface area contributed by atoms with E-state index in [0.29, 0.717) is 25.2 Å². The second kappa shape index (κ2) is 10.7. The Morgan fingerprint density at radius 2 is 1.91 bits per heavy atom. The Morgan fingerprint density at radius 3 is 2.43 bits per heavy atom. The Bertz CT molecular complexity index is 1110. The molecule has 2 heterocycles. The van der Waals surface area contributed by atoms with Crippen molar-refractivity contribution in [2.75, 3.05) is 0 Å². The van der Waals surface area contributed by atoms with Gasteiger partial charge in [0.2, 0.25) is 0 Å². The highest BCUT2D eigenvalue weighted by atomic mass is 32.2. The van der Waals surface area contributed by atoms with E-state index in [4.69, 9.17) is 9.72 Å². The van der Waals surface area contributed by atoms with Crippen molar-refractivity contribution in [3.05, 3.63) is 55.6 Å². The lowest BCUT2D eigenvalue weighted by Crippen LogP contribution is -2.44. The average Bonchev–Trinajstić information content (AvgIpc) is 3.23. The number of hydrogen-bond donors (Lipinski definition) is 2. The number of thiazole rings is 1. The van der Waals surface area contributed by atoms with Gasteiger partial charge in [-0.25, -0.2) is 9.78 Å². The lowest BCUT2D eigenvalue weighted by Gasteiger charge is -2.40. The first kappa shape index (κ1) is 27.8. The van der Waals surface area contributed by atoms with Crippen molar-refractivity contribution < 1.29 is 19.7 Å². The first-order valence-electron chi connectivity index (χ1n) is 12.3. The molecule has 1 unspecified atom stereocenters. The maximum atomic E-state index is 13.3. The number of aromatic nitrogens is 1. The van der Waals surface area contributed by atoms with Gasteiger partial charge < -0.3 is 14.9 Å². The molecule has 5 nitrogen and oxygen atoms in total. The van der Waals surface area contributed by atoms with Gasteiger partial charge in [-0.2, -0.15) is 0 Å². The fraction of sp³-hybridized carbons (Fsp3) is 0.571. The second-order valence-corrected chi connectivity index (χ2v) is 13.2. The number of aliphatic hydroxyl groups is 2. The molecular weight excluding hydrogens is 478 g/mol. The number of esters is 1. The molecule has 0 fully saturated rings. The maximum absolute atomic E-state index is 13.3. The molecule has 0 spiro atoms. The zero-order chi connectivity index (χ0) is 26.1. The summed E-state index contributed by atoms with van der Waals surface area (Å²) in [6.45, 7) is 16.5. The van der Waals surface area contributed by atoms with Gasteiger partial charge in [0.25, 0.3) is 0 Å². The van der Waals surface area contributed by atoms with Crippen molar-refractivity contribution in [2.45, 2.75) is 103 Å². The van der Waals surface area contributed by atoms with Crippen LogP contribution in [0.5, 0.6) is 0 Å². The molecule has 0 amide bonds. The van der Waals surface area contributed by atoms with E-state index >= 15 is 0 Å². The summed E-state index contributed by atoms with van der Waals surface area (Å²) < 4.78 is 6.13. The number of carbonyl (C=O) groups excluding carboxylic acids is 1. The van der Waals surface area contributed by atoms with E-state index in [9.17, 15) is 15.0 Å². The minimum absolute atomic E-state index is 0.0372. The molecular formula is C28H39NO4S2. The van der Waals surface area contributed by atoms with Gasteiger partial charge in [-0.1, -0.05) is 66.3 Å². The highest BCUT2D eigenvalue weighted by Gasteiger charge is 2.44. The average molecular weight is 518 g/mol. The van der Waals surface area contributed by atoms with E-state index in [-0.39, 0.29) is 28.6 Å². The van der Waals surface area contributed by atoms with Crippen LogP contribution < -0.4 is 0 Å². The molecule has 3 rings (SSSR count). The number of aryl methyl sites for hydroxylation is 2. The molecule has 0 bridgehead atoms. The Labute approximate surface area is 218 Å². The Balaban J connectivity index is 1.89. The number of aliphatic hydroxyl groups excluding tert-OH is 2. The lowest BCUT2D eigenvalue weighted by atomic mass is 9.81. The summed E-state index contributed by atoms with van der Waals surface area (Å²) in [5, 5.41) is 24.0. The van der Waals surface area contributed by atoms with Gasteiger partial charge in [0, 0.05) is 23.1 Å². The largest absolute Gasteiger partial charge is 0.511 e. The van der Waals surface area contributed by atoms with Crippen LogP contribution in [0.25, 0.3) is 0 Å². The molecule has 1 aromatic carbocycles. The molecule has 1 aliphatic rings. The van der Waals surface area contributed by atoms with Crippen LogP contribution >= 0.6 is 23.1 Å². The Kier molecular flexibility index (Phi) is 8.45. The molecule has 2 N–H and O–H groups in total. The van der Waals surface area contributed by atoms with Crippen molar-refractivity contribution in [3.8, 4) is 0 Å². The number of benzene rings is 1. The van der Waals surface area contributed by atoms with Crippen LogP contribution in [-0.4, -0.2) is 26.8 Å².